The Morgan fingerprint density at radius 3 is 2.54 bits per heavy atom. The van der Waals surface area contributed by atoms with Gasteiger partial charge in [-0.2, -0.15) is 0 Å². The molecule has 9 atom stereocenters. The van der Waals surface area contributed by atoms with Crippen molar-refractivity contribution in [3.05, 3.63) is 10.4 Å². The molecule has 0 bridgehead atoms. The molecule has 2 heterocycles. The Bertz CT molecular complexity index is 492. The van der Waals surface area contributed by atoms with Crippen LogP contribution in [0.4, 0.5) is 0 Å². The highest BCUT2D eigenvalue weighted by molar-refractivity contribution is 4.91. The molecule has 2 aliphatic heterocycles. The highest BCUT2D eigenvalue weighted by Gasteiger charge is 2.48. The molecule has 26 heavy (non-hydrogen) atoms. The summed E-state index contributed by atoms with van der Waals surface area (Å²) in [5.41, 5.74) is 8.26. The second-order valence-electron chi connectivity index (χ2n) is 6.66. The Morgan fingerprint density at radius 1 is 1.15 bits per heavy atom. The van der Waals surface area contributed by atoms with Gasteiger partial charge in [-0.3, -0.25) is 0 Å². The van der Waals surface area contributed by atoms with Crippen molar-refractivity contribution in [2.24, 2.45) is 17.0 Å². The fourth-order valence-corrected chi connectivity index (χ4v) is 2.96. The van der Waals surface area contributed by atoms with Gasteiger partial charge in [0.15, 0.2) is 12.6 Å². The minimum absolute atomic E-state index is 0.0240. The fraction of sp³-hybridized carbons (Fsp3) is 1.00. The molecule has 2 saturated heterocycles. The van der Waals surface area contributed by atoms with Crippen LogP contribution in [0, 0.1) is 11.8 Å². The van der Waals surface area contributed by atoms with Crippen molar-refractivity contribution in [1.29, 1.82) is 0 Å². The van der Waals surface area contributed by atoms with E-state index in [-0.39, 0.29) is 25.0 Å². The molecular weight excluding hydrogens is 350 g/mol. The summed E-state index contributed by atoms with van der Waals surface area (Å²) in [6, 6.07) is 0. The van der Waals surface area contributed by atoms with Crippen molar-refractivity contribution in [2.45, 2.75) is 56.9 Å². The summed E-state index contributed by atoms with van der Waals surface area (Å²) in [6.07, 6.45) is -8.17. The standard InChI is InChI=1S/C15H27N3O8/c1-7-6-24-14(10(20)8(7)2)26-13-11(21)9(5-19)25-15(12(13)22)23-4-3-17-18-16/h7-15,19-22H,3-6H2,1-2H3/t7-,8+,9?,10?,11-,12?,13+,14-,15-/m1/s1. The van der Waals surface area contributed by atoms with Crippen molar-refractivity contribution in [3.63, 3.8) is 0 Å². The van der Waals surface area contributed by atoms with E-state index in [9.17, 15) is 20.4 Å². The Morgan fingerprint density at radius 2 is 1.88 bits per heavy atom. The third-order valence-corrected chi connectivity index (χ3v) is 4.89. The number of ether oxygens (including phenoxy) is 4. The molecule has 0 radical (unpaired) electrons. The molecule has 2 fully saturated rings. The van der Waals surface area contributed by atoms with Crippen LogP contribution in [0.3, 0.4) is 0 Å². The lowest BCUT2D eigenvalue weighted by molar-refractivity contribution is -0.343. The van der Waals surface area contributed by atoms with Gasteiger partial charge in [0.05, 0.1) is 19.8 Å². The molecule has 0 saturated carbocycles. The van der Waals surface area contributed by atoms with Gasteiger partial charge >= 0.3 is 0 Å². The monoisotopic (exact) mass is 377 g/mol. The third kappa shape index (κ3) is 4.83. The quantitative estimate of drug-likeness (QED) is 0.192. The van der Waals surface area contributed by atoms with Crippen LogP contribution in [-0.2, 0) is 18.9 Å². The molecule has 3 unspecified atom stereocenters. The average Bonchev–Trinajstić information content (AvgIpc) is 2.63. The van der Waals surface area contributed by atoms with Gasteiger partial charge in [0.25, 0.3) is 0 Å². The van der Waals surface area contributed by atoms with Gasteiger partial charge < -0.3 is 39.4 Å². The summed E-state index contributed by atoms with van der Waals surface area (Å²) in [4.78, 5) is 2.59. The Balaban J connectivity index is 2.04. The Labute approximate surface area is 151 Å². The van der Waals surface area contributed by atoms with E-state index in [1.807, 2.05) is 13.8 Å². The molecule has 2 aliphatic rings. The minimum atomic E-state index is -1.40. The maximum Gasteiger partial charge on any atom is 0.186 e. The van der Waals surface area contributed by atoms with Gasteiger partial charge in [-0.05, 0) is 17.4 Å². The van der Waals surface area contributed by atoms with E-state index in [1.165, 1.54) is 0 Å². The first-order valence-electron chi connectivity index (χ1n) is 8.60. The number of rotatable bonds is 7. The molecule has 11 nitrogen and oxygen atoms in total. The molecular formula is C15H27N3O8. The summed E-state index contributed by atoms with van der Waals surface area (Å²) in [5, 5.41) is 43.8. The second-order valence-corrected chi connectivity index (χ2v) is 6.66. The average molecular weight is 377 g/mol. The predicted octanol–water partition coefficient (Wildman–Crippen LogP) is -0.873. The maximum atomic E-state index is 10.4. The number of hydrogen-bond acceptors (Lipinski definition) is 9. The molecule has 0 aromatic carbocycles. The molecule has 0 spiro atoms. The zero-order chi connectivity index (χ0) is 19.3. The van der Waals surface area contributed by atoms with Crippen LogP contribution in [0.1, 0.15) is 13.8 Å². The van der Waals surface area contributed by atoms with E-state index >= 15 is 0 Å². The summed E-state index contributed by atoms with van der Waals surface area (Å²) < 4.78 is 21.8. The first-order valence-corrected chi connectivity index (χ1v) is 8.60. The van der Waals surface area contributed by atoms with Crippen LogP contribution >= 0.6 is 0 Å². The van der Waals surface area contributed by atoms with E-state index in [0.717, 1.165) is 0 Å². The molecule has 4 N–H and O–H groups in total. The zero-order valence-corrected chi connectivity index (χ0v) is 14.8. The first-order chi connectivity index (χ1) is 12.4. The molecule has 0 amide bonds. The van der Waals surface area contributed by atoms with Gasteiger partial charge in [-0.1, -0.05) is 19.0 Å². The van der Waals surface area contributed by atoms with Gasteiger partial charge in [0.1, 0.15) is 30.5 Å². The van der Waals surface area contributed by atoms with Crippen LogP contribution in [-0.4, -0.2) is 89.9 Å². The third-order valence-electron chi connectivity index (χ3n) is 4.89. The largest absolute Gasteiger partial charge is 0.394 e. The van der Waals surface area contributed by atoms with Gasteiger partial charge in [-0.25, -0.2) is 0 Å². The summed E-state index contributed by atoms with van der Waals surface area (Å²) >= 11 is 0. The van der Waals surface area contributed by atoms with Crippen molar-refractivity contribution in [1.82, 2.24) is 0 Å². The Hall–Kier alpha value is -1.01. The highest BCUT2D eigenvalue weighted by Crippen LogP contribution is 2.31. The van der Waals surface area contributed by atoms with Crippen molar-refractivity contribution in [2.75, 3.05) is 26.4 Å². The molecule has 2 rings (SSSR count). The molecule has 0 aromatic rings. The van der Waals surface area contributed by atoms with Crippen LogP contribution in [0.2, 0.25) is 0 Å². The normalized spacial score (nSPS) is 43.7. The lowest BCUT2D eigenvalue weighted by Crippen LogP contribution is -2.62. The van der Waals surface area contributed by atoms with E-state index < -0.39 is 49.7 Å². The molecule has 150 valence electrons. The van der Waals surface area contributed by atoms with Crippen LogP contribution in [0.15, 0.2) is 5.11 Å². The summed E-state index contributed by atoms with van der Waals surface area (Å²) in [7, 11) is 0. The fourth-order valence-electron chi connectivity index (χ4n) is 2.96. The zero-order valence-electron chi connectivity index (χ0n) is 14.8. The molecule has 11 heteroatoms. The van der Waals surface area contributed by atoms with Crippen molar-refractivity contribution >= 4 is 0 Å². The number of aliphatic hydroxyl groups excluding tert-OH is 4. The highest BCUT2D eigenvalue weighted by atomic mass is 16.7. The summed E-state index contributed by atoms with van der Waals surface area (Å²) in [6.45, 7) is 3.66. The van der Waals surface area contributed by atoms with E-state index in [0.29, 0.717) is 6.61 Å². The minimum Gasteiger partial charge on any atom is -0.394 e. The van der Waals surface area contributed by atoms with E-state index in [2.05, 4.69) is 10.0 Å². The van der Waals surface area contributed by atoms with Crippen molar-refractivity contribution in [3.8, 4) is 0 Å². The Kier molecular flexibility index (Phi) is 8.02. The number of aliphatic hydroxyl groups is 4. The second kappa shape index (κ2) is 9.79. The van der Waals surface area contributed by atoms with Crippen molar-refractivity contribution < 1.29 is 39.4 Å². The number of hydrogen-bond donors (Lipinski definition) is 4. The van der Waals surface area contributed by atoms with E-state index in [1.54, 1.807) is 0 Å². The predicted molar refractivity (Wildman–Crippen MR) is 86.7 cm³/mol. The van der Waals surface area contributed by atoms with Gasteiger partial charge in [-0.15, -0.1) is 0 Å². The van der Waals surface area contributed by atoms with Gasteiger partial charge in [0.2, 0.25) is 0 Å². The topological polar surface area (TPSA) is 167 Å². The number of nitrogens with zero attached hydrogens (tertiary/aromatic N) is 3. The molecule has 0 aliphatic carbocycles. The van der Waals surface area contributed by atoms with Crippen LogP contribution in [0.25, 0.3) is 10.4 Å². The maximum absolute atomic E-state index is 10.4. The lowest BCUT2D eigenvalue weighted by atomic mass is 9.88. The first kappa shape index (κ1) is 21.3. The molecule has 0 aromatic heterocycles. The van der Waals surface area contributed by atoms with Gasteiger partial charge in [0, 0.05) is 11.5 Å². The number of azide groups is 1. The SMILES string of the molecule is C[C@@H]1CO[C@H](O[C@@H]2C(O)[C@H](OCCN=[N+]=[N-])OC(CO)[C@H]2O)C(O)[C@H]1C. The van der Waals surface area contributed by atoms with Crippen LogP contribution in [0.5, 0.6) is 0 Å². The lowest BCUT2D eigenvalue weighted by Gasteiger charge is -2.45. The smallest absolute Gasteiger partial charge is 0.186 e. The summed E-state index contributed by atoms with van der Waals surface area (Å²) in [5.74, 6) is 0.0451. The van der Waals surface area contributed by atoms with Crippen LogP contribution < -0.4 is 0 Å². The van der Waals surface area contributed by atoms with E-state index in [4.69, 9.17) is 24.5 Å².